The molecule has 1 N–H and O–H groups in total. The van der Waals surface area contributed by atoms with Gasteiger partial charge in [0.1, 0.15) is 5.01 Å². The number of amides is 1. The van der Waals surface area contributed by atoms with Crippen molar-refractivity contribution in [3.8, 4) is 0 Å². The quantitative estimate of drug-likeness (QED) is 0.409. The van der Waals surface area contributed by atoms with Gasteiger partial charge in [-0.3, -0.25) is 4.79 Å². The molecule has 0 saturated heterocycles. The fourth-order valence-corrected chi connectivity index (χ4v) is 4.86. The van der Waals surface area contributed by atoms with Crippen LogP contribution in [-0.4, -0.2) is 56.5 Å². The van der Waals surface area contributed by atoms with Crippen LogP contribution in [-0.2, 0) is 30.8 Å². The van der Waals surface area contributed by atoms with Crippen molar-refractivity contribution in [2.24, 2.45) is 0 Å². The van der Waals surface area contributed by atoms with E-state index < -0.39 is 16.0 Å². The average Bonchev–Trinajstić information content (AvgIpc) is 3.16. The second-order valence-electron chi connectivity index (χ2n) is 6.24. The van der Waals surface area contributed by atoms with Gasteiger partial charge in [0.25, 0.3) is 0 Å². The number of benzene rings is 1. The SMILES string of the molecule is CCOC(=O)c1csc(CN(CCCOC)S(=O)(=O)c2ccc(NC(C)=O)cc2)n1. The van der Waals surface area contributed by atoms with Crippen molar-refractivity contribution >= 4 is 38.9 Å². The lowest BCUT2D eigenvalue weighted by Gasteiger charge is -2.21. The van der Waals surface area contributed by atoms with Crippen LogP contribution < -0.4 is 5.32 Å². The van der Waals surface area contributed by atoms with E-state index in [4.69, 9.17) is 9.47 Å². The van der Waals surface area contributed by atoms with Gasteiger partial charge < -0.3 is 14.8 Å². The second kappa shape index (κ2) is 11.2. The Labute approximate surface area is 180 Å². The Balaban J connectivity index is 2.24. The van der Waals surface area contributed by atoms with Gasteiger partial charge in [0.15, 0.2) is 5.69 Å². The minimum atomic E-state index is -3.83. The van der Waals surface area contributed by atoms with Crippen molar-refractivity contribution in [1.82, 2.24) is 9.29 Å². The zero-order chi connectivity index (χ0) is 22.1. The van der Waals surface area contributed by atoms with Crippen LogP contribution >= 0.6 is 11.3 Å². The van der Waals surface area contributed by atoms with E-state index in [1.165, 1.54) is 46.8 Å². The number of esters is 1. The van der Waals surface area contributed by atoms with Crippen molar-refractivity contribution in [1.29, 1.82) is 0 Å². The molecule has 9 nitrogen and oxygen atoms in total. The molecule has 0 fully saturated rings. The number of anilines is 1. The van der Waals surface area contributed by atoms with Gasteiger partial charge in [-0.1, -0.05) is 0 Å². The number of hydrogen-bond acceptors (Lipinski definition) is 8. The van der Waals surface area contributed by atoms with Gasteiger partial charge in [-0.15, -0.1) is 11.3 Å². The lowest BCUT2D eigenvalue weighted by molar-refractivity contribution is -0.114. The standard InChI is InChI=1S/C19H25N3O6S2/c1-4-28-19(24)17-13-29-18(21-17)12-22(10-5-11-27-3)30(25,26)16-8-6-15(7-9-16)20-14(2)23/h6-9,13H,4-5,10-12H2,1-3H3,(H,20,23). The molecule has 1 aromatic carbocycles. The molecule has 0 spiro atoms. The summed E-state index contributed by atoms with van der Waals surface area (Å²) in [6.45, 7) is 3.95. The van der Waals surface area contributed by atoms with E-state index >= 15 is 0 Å². The summed E-state index contributed by atoms with van der Waals surface area (Å²) < 4.78 is 37.6. The smallest absolute Gasteiger partial charge is 0.357 e. The number of methoxy groups -OCH3 is 1. The molecule has 1 amide bonds. The highest BCUT2D eigenvalue weighted by Gasteiger charge is 2.26. The lowest BCUT2D eigenvalue weighted by atomic mass is 10.3. The van der Waals surface area contributed by atoms with E-state index in [0.29, 0.717) is 23.7 Å². The number of ether oxygens (including phenoxy) is 2. The van der Waals surface area contributed by atoms with Crippen molar-refractivity contribution in [3.05, 3.63) is 40.3 Å². The molecule has 164 valence electrons. The fourth-order valence-electron chi connectivity index (χ4n) is 2.57. The number of aromatic nitrogens is 1. The normalized spacial score (nSPS) is 11.5. The Morgan fingerprint density at radius 3 is 2.53 bits per heavy atom. The number of sulfonamides is 1. The molecule has 30 heavy (non-hydrogen) atoms. The summed E-state index contributed by atoms with van der Waals surface area (Å²) in [5.41, 5.74) is 0.664. The van der Waals surface area contributed by atoms with Crippen molar-refractivity contribution in [2.75, 3.05) is 32.2 Å². The third kappa shape index (κ3) is 6.59. The number of nitrogens with zero attached hydrogens (tertiary/aromatic N) is 2. The molecule has 0 atom stereocenters. The lowest BCUT2D eigenvalue weighted by Crippen LogP contribution is -2.32. The van der Waals surface area contributed by atoms with Gasteiger partial charge in [-0.05, 0) is 37.6 Å². The average molecular weight is 456 g/mol. The molecule has 1 heterocycles. The van der Waals surface area contributed by atoms with Crippen LogP contribution in [0, 0.1) is 0 Å². The molecule has 0 radical (unpaired) electrons. The Hall–Kier alpha value is -2.34. The first kappa shape index (κ1) is 23.9. The van der Waals surface area contributed by atoms with Crippen LogP contribution in [0.4, 0.5) is 5.69 Å². The first-order chi connectivity index (χ1) is 14.3. The summed E-state index contributed by atoms with van der Waals surface area (Å²) in [7, 11) is -2.28. The van der Waals surface area contributed by atoms with Gasteiger partial charge in [-0.25, -0.2) is 18.2 Å². The van der Waals surface area contributed by atoms with Crippen LogP contribution in [0.2, 0.25) is 0 Å². The third-order valence-electron chi connectivity index (χ3n) is 3.92. The Kier molecular flexibility index (Phi) is 8.90. The number of nitrogens with one attached hydrogen (secondary N) is 1. The number of carbonyl (C=O) groups is 2. The first-order valence-electron chi connectivity index (χ1n) is 9.26. The molecular formula is C19H25N3O6S2. The Morgan fingerprint density at radius 2 is 1.93 bits per heavy atom. The summed E-state index contributed by atoms with van der Waals surface area (Å²) in [6.07, 6.45) is 0.496. The van der Waals surface area contributed by atoms with Crippen LogP contribution in [0.5, 0.6) is 0 Å². The number of hydrogen-bond donors (Lipinski definition) is 1. The highest BCUT2D eigenvalue weighted by molar-refractivity contribution is 7.89. The summed E-state index contributed by atoms with van der Waals surface area (Å²) in [4.78, 5) is 27.3. The molecule has 2 rings (SSSR count). The van der Waals surface area contributed by atoms with Gasteiger partial charge in [-0.2, -0.15) is 4.31 Å². The van der Waals surface area contributed by atoms with Crippen LogP contribution in [0.1, 0.15) is 35.8 Å². The van der Waals surface area contributed by atoms with Crippen molar-refractivity contribution in [3.63, 3.8) is 0 Å². The van der Waals surface area contributed by atoms with Crippen LogP contribution in [0.25, 0.3) is 0 Å². The third-order valence-corrected chi connectivity index (χ3v) is 6.61. The zero-order valence-corrected chi connectivity index (χ0v) is 18.7. The van der Waals surface area contributed by atoms with Gasteiger partial charge in [0.2, 0.25) is 15.9 Å². The van der Waals surface area contributed by atoms with E-state index in [9.17, 15) is 18.0 Å². The molecule has 0 unspecified atom stereocenters. The zero-order valence-electron chi connectivity index (χ0n) is 17.1. The van der Waals surface area contributed by atoms with E-state index in [-0.39, 0.29) is 36.2 Å². The largest absolute Gasteiger partial charge is 0.461 e. The summed E-state index contributed by atoms with van der Waals surface area (Å²) in [5.74, 6) is -0.782. The minimum absolute atomic E-state index is 0.0174. The maximum atomic E-state index is 13.2. The van der Waals surface area contributed by atoms with Gasteiger partial charge in [0, 0.05) is 38.3 Å². The summed E-state index contributed by atoms with van der Waals surface area (Å²) in [6, 6.07) is 5.94. The molecule has 11 heteroatoms. The molecule has 0 aliphatic carbocycles. The van der Waals surface area contributed by atoms with Crippen LogP contribution in [0.3, 0.4) is 0 Å². The molecule has 1 aromatic heterocycles. The molecule has 2 aromatic rings. The molecule has 0 aliphatic heterocycles. The molecule has 0 bridgehead atoms. The van der Waals surface area contributed by atoms with E-state index in [2.05, 4.69) is 10.3 Å². The van der Waals surface area contributed by atoms with Gasteiger partial charge >= 0.3 is 5.97 Å². The maximum Gasteiger partial charge on any atom is 0.357 e. The number of rotatable bonds is 11. The predicted octanol–water partition coefficient (Wildman–Crippen LogP) is 2.51. The Morgan fingerprint density at radius 1 is 1.23 bits per heavy atom. The highest BCUT2D eigenvalue weighted by Crippen LogP contribution is 2.22. The van der Waals surface area contributed by atoms with Gasteiger partial charge in [0.05, 0.1) is 18.0 Å². The van der Waals surface area contributed by atoms with E-state index in [0.717, 1.165) is 0 Å². The van der Waals surface area contributed by atoms with E-state index in [1.54, 1.807) is 19.4 Å². The summed E-state index contributed by atoms with van der Waals surface area (Å²) >= 11 is 1.20. The minimum Gasteiger partial charge on any atom is -0.461 e. The monoisotopic (exact) mass is 455 g/mol. The Bertz CT molecular complexity index is 957. The predicted molar refractivity (Wildman–Crippen MR) is 113 cm³/mol. The maximum absolute atomic E-state index is 13.2. The van der Waals surface area contributed by atoms with Crippen molar-refractivity contribution < 1.29 is 27.5 Å². The molecule has 0 saturated carbocycles. The molecule has 0 aliphatic rings. The second-order valence-corrected chi connectivity index (χ2v) is 9.12. The van der Waals surface area contributed by atoms with Crippen molar-refractivity contribution in [2.45, 2.75) is 31.7 Å². The van der Waals surface area contributed by atoms with E-state index in [1.807, 2.05) is 0 Å². The van der Waals surface area contributed by atoms with Crippen LogP contribution in [0.15, 0.2) is 34.5 Å². The number of thiazole rings is 1. The fraction of sp³-hybridized carbons (Fsp3) is 0.421. The highest BCUT2D eigenvalue weighted by atomic mass is 32.2. The first-order valence-corrected chi connectivity index (χ1v) is 11.6. The molecular weight excluding hydrogens is 430 g/mol. The topological polar surface area (TPSA) is 115 Å². The number of carbonyl (C=O) groups excluding carboxylic acids is 2. The summed E-state index contributed by atoms with van der Waals surface area (Å²) in [5, 5.41) is 4.63.